The lowest BCUT2D eigenvalue weighted by molar-refractivity contribution is 0.474. The molecule has 2 atom stereocenters. The van der Waals surface area contributed by atoms with Crippen molar-refractivity contribution in [3.8, 4) is 5.75 Å². The number of para-hydroxylation sites is 2. The maximum Gasteiger partial charge on any atom is 0.174 e. The molecule has 0 aromatic heterocycles. The Morgan fingerprint density at radius 2 is 2.06 bits per heavy atom. The summed E-state index contributed by atoms with van der Waals surface area (Å²) in [6.07, 6.45) is 0. The number of aromatic hydroxyl groups is 1. The first-order chi connectivity index (χ1) is 8.48. The van der Waals surface area contributed by atoms with Crippen LogP contribution in [0, 0.1) is 0 Å². The van der Waals surface area contributed by atoms with Gasteiger partial charge in [0.15, 0.2) is 14.9 Å². The van der Waals surface area contributed by atoms with Crippen LogP contribution in [0.15, 0.2) is 24.3 Å². The van der Waals surface area contributed by atoms with E-state index in [4.69, 9.17) is 12.2 Å². The van der Waals surface area contributed by atoms with E-state index >= 15 is 0 Å². The number of phenolic OH excluding ortho intramolecular Hbond substituents is 1. The fourth-order valence-electron chi connectivity index (χ4n) is 2.56. The van der Waals surface area contributed by atoms with E-state index < -0.39 is 9.84 Å². The van der Waals surface area contributed by atoms with Crippen molar-refractivity contribution in [3.05, 3.63) is 24.3 Å². The lowest BCUT2D eigenvalue weighted by Crippen LogP contribution is -2.36. The van der Waals surface area contributed by atoms with Gasteiger partial charge in [-0.05, 0) is 24.4 Å². The first-order valence-corrected chi connectivity index (χ1v) is 7.79. The number of nitrogens with one attached hydrogen (secondary N) is 1. The molecule has 2 N–H and O–H groups in total. The highest BCUT2D eigenvalue weighted by Gasteiger charge is 2.48. The predicted octanol–water partition coefficient (Wildman–Crippen LogP) is 0.252. The van der Waals surface area contributed by atoms with Crippen molar-refractivity contribution in [3.63, 3.8) is 0 Å². The SMILES string of the molecule is O=S1(=O)C[C@@H]2[C@@H](C1)NC(=S)N2c1ccccc1O. The van der Waals surface area contributed by atoms with E-state index in [2.05, 4.69) is 5.32 Å². The van der Waals surface area contributed by atoms with Crippen molar-refractivity contribution in [2.45, 2.75) is 12.1 Å². The maximum atomic E-state index is 11.6. The molecule has 0 aliphatic carbocycles. The second kappa shape index (κ2) is 3.83. The van der Waals surface area contributed by atoms with Crippen LogP contribution in [-0.4, -0.2) is 42.2 Å². The Balaban J connectivity index is 2.02. The van der Waals surface area contributed by atoms with Crippen LogP contribution in [0.5, 0.6) is 5.75 Å². The van der Waals surface area contributed by atoms with Gasteiger partial charge in [0.2, 0.25) is 0 Å². The lowest BCUT2D eigenvalue weighted by Gasteiger charge is -2.23. The molecule has 2 fully saturated rings. The minimum atomic E-state index is -3.03. The second-order valence-corrected chi connectivity index (χ2v) is 7.10. The Kier molecular flexibility index (Phi) is 2.49. The molecular weight excluding hydrogens is 272 g/mol. The predicted molar refractivity (Wildman–Crippen MR) is 72.5 cm³/mol. The standard InChI is InChI=1S/C11H12N2O3S2/c14-10-4-2-1-3-8(10)13-9-6-18(15,16)5-7(9)12-11(13)17/h1-4,7,9,14H,5-6H2,(H,12,17)/t7-,9-/m1/s1. The van der Waals surface area contributed by atoms with Crippen LogP contribution < -0.4 is 10.2 Å². The molecule has 96 valence electrons. The van der Waals surface area contributed by atoms with Crippen LogP contribution in [0.25, 0.3) is 0 Å². The minimum Gasteiger partial charge on any atom is -0.506 e. The third kappa shape index (κ3) is 1.74. The number of hydrogen-bond donors (Lipinski definition) is 2. The molecule has 18 heavy (non-hydrogen) atoms. The van der Waals surface area contributed by atoms with Gasteiger partial charge in [0.1, 0.15) is 5.75 Å². The lowest BCUT2D eigenvalue weighted by atomic mass is 10.1. The van der Waals surface area contributed by atoms with Crippen LogP contribution in [0.4, 0.5) is 5.69 Å². The van der Waals surface area contributed by atoms with Gasteiger partial charge in [-0.1, -0.05) is 12.1 Å². The average Bonchev–Trinajstić information content (AvgIpc) is 2.70. The molecule has 0 unspecified atom stereocenters. The van der Waals surface area contributed by atoms with E-state index in [1.165, 1.54) is 0 Å². The Bertz CT molecular complexity index is 614. The summed E-state index contributed by atoms with van der Waals surface area (Å²) in [5.41, 5.74) is 0.555. The van der Waals surface area contributed by atoms with Gasteiger partial charge >= 0.3 is 0 Å². The molecule has 0 spiro atoms. The summed E-state index contributed by atoms with van der Waals surface area (Å²) < 4.78 is 23.3. The van der Waals surface area contributed by atoms with Crippen molar-refractivity contribution < 1.29 is 13.5 Å². The maximum absolute atomic E-state index is 11.6. The number of thiocarbonyl (C=S) groups is 1. The number of hydrogen-bond acceptors (Lipinski definition) is 4. The fourth-order valence-corrected chi connectivity index (χ4v) is 4.83. The molecule has 0 bridgehead atoms. The largest absolute Gasteiger partial charge is 0.506 e. The Hall–Kier alpha value is -1.34. The smallest absolute Gasteiger partial charge is 0.174 e. The van der Waals surface area contributed by atoms with Gasteiger partial charge < -0.3 is 15.3 Å². The highest BCUT2D eigenvalue weighted by Crippen LogP contribution is 2.34. The summed E-state index contributed by atoms with van der Waals surface area (Å²) in [6, 6.07) is 6.39. The summed E-state index contributed by atoms with van der Waals surface area (Å²) in [7, 11) is -3.03. The number of benzene rings is 1. The van der Waals surface area contributed by atoms with Crippen LogP contribution in [0.1, 0.15) is 0 Å². The topological polar surface area (TPSA) is 69.6 Å². The van der Waals surface area contributed by atoms with Crippen LogP contribution in [0.3, 0.4) is 0 Å². The third-order valence-electron chi connectivity index (χ3n) is 3.32. The molecule has 2 aliphatic heterocycles. The average molecular weight is 284 g/mol. The van der Waals surface area contributed by atoms with E-state index in [0.717, 1.165) is 0 Å². The summed E-state index contributed by atoms with van der Waals surface area (Å²) in [5, 5.41) is 13.3. The zero-order valence-corrected chi connectivity index (χ0v) is 11.0. The first kappa shape index (κ1) is 11.7. The normalized spacial score (nSPS) is 29.1. The summed E-state index contributed by atoms with van der Waals surface area (Å²) in [4.78, 5) is 1.71. The zero-order valence-electron chi connectivity index (χ0n) is 9.41. The summed E-state index contributed by atoms with van der Waals surface area (Å²) in [5.74, 6) is 0.271. The van der Waals surface area contributed by atoms with Crippen LogP contribution in [-0.2, 0) is 9.84 Å². The zero-order chi connectivity index (χ0) is 12.9. The van der Waals surface area contributed by atoms with Crippen LogP contribution in [0.2, 0.25) is 0 Å². The van der Waals surface area contributed by atoms with E-state index in [9.17, 15) is 13.5 Å². The van der Waals surface area contributed by atoms with Crippen molar-refractivity contribution in [2.75, 3.05) is 16.4 Å². The second-order valence-electron chi connectivity index (χ2n) is 4.56. The Labute approximate surface area is 110 Å². The Morgan fingerprint density at radius 1 is 1.33 bits per heavy atom. The van der Waals surface area contributed by atoms with E-state index in [0.29, 0.717) is 10.8 Å². The molecule has 0 saturated carbocycles. The summed E-state index contributed by atoms with van der Waals surface area (Å²) in [6.45, 7) is 0. The molecule has 0 amide bonds. The molecule has 3 rings (SSSR count). The Morgan fingerprint density at radius 3 is 2.78 bits per heavy atom. The molecule has 7 heteroatoms. The van der Waals surface area contributed by atoms with E-state index in [-0.39, 0.29) is 29.3 Å². The van der Waals surface area contributed by atoms with Crippen molar-refractivity contribution in [2.24, 2.45) is 0 Å². The number of anilines is 1. The molecule has 1 aromatic carbocycles. The monoisotopic (exact) mass is 284 g/mol. The highest BCUT2D eigenvalue weighted by molar-refractivity contribution is 7.91. The molecule has 1 aromatic rings. The van der Waals surface area contributed by atoms with E-state index in [1.54, 1.807) is 29.2 Å². The van der Waals surface area contributed by atoms with Gasteiger partial charge in [-0.15, -0.1) is 0 Å². The van der Waals surface area contributed by atoms with Crippen molar-refractivity contribution >= 4 is 32.9 Å². The number of nitrogens with zero attached hydrogens (tertiary/aromatic N) is 1. The van der Waals surface area contributed by atoms with Crippen molar-refractivity contribution in [1.29, 1.82) is 0 Å². The molecule has 2 saturated heterocycles. The quantitative estimate of drug-likeness (QED) is 0.721. The molecular formula is C11H12N2O3S2. The van der Waals surface area contributed by atoms with Crippen LogP contribution >= 0.6 is 12.2 Å². The van der Waals surface area contributed by atoms with Gasteiger partial charge in [-0.25, -0.2) is 8.42 Å². The number of rotatable bonds is 1. The number of sulfone groups is 1. The van der Waals surface area contributed by atoms with Gasteiger partial charge in [-0.3, -0.25) is 0 Å². The highest BCUT2D eigenvalue weighted by atomic mass is 32.2. The van der Waals surface area contributed by atoms with Crippen molar-refractivity contribution in [1.82, 2.24) is 5.32 Å². The van der Waals surface area contributed by atoms with Gasteiger partial charge in [-0.2, -0.15) is 0 Å². The molecule has 5 nitrogen and oxygen atoms in total. The number of phenols is 1. The third-order valence-corrected chi connectivity index (χ3v) is 5.35. The number of fused-ring (bicyclic) bond motifs is 1. The fraction of sp³-hybridized carbons (Fsp3) is 0.364. The minimum absolute atomic E-state index is 0.0686. The molecule has 2 heterocycles. The van der Waals surface area contributed by atoms with E-state index in [1.807, 2.05) is 0 Å². The molecule has 2 aliphatic rings. The molecule has 0 radical (unpaired) electrons. The first-order valence-electron chi connectivity index (χ1n) is 5.56. The van der Waals surface area contributed by atoms with Gasteiger partial charge in [0.25, 0.3) is 0 Å². The van der Waals surface area contributed by atoms with Gasteiger partial charge in [0.05, 0.1) is 29.3 Å². The summed E-state index contributed by atoms with van der Waals surface area (Å²) >= 11 is 5.22. The van der Waals surface area contributed by atoms with Gasteiger partial charge in [0, 0.05) is 0 Å².